The molecule has 1 atom stereocenters. The van der Waals surface area contributed by atoms with Crippen LogP contribution in [0.5, 0.6) is 0 Å². The monoisotopic (exact) mass is 432 g/mol. The number of aliphatic hydroxyl groups excluding tert-OH is 1. The highest BCUT2D eigenvalue weighted by Crippen LogP contribution is 2.14. The van der Waals surface area contributed by atoms with E-state index in [0.29, 0.717) is 13.0 Å². The lowest BCUT2D eigenvalue weighted by atomic mass is 10.0. The van der Waals surface area contributed by atoms with Crippen LogP contribution in [-0.4, -0.2) is 23.6 Å². The molecule has 0 aromatic heterocycles. The Morgan fingerprint density at radius 1 is 0.774 bits per heavy atom. The molecule has 0 aliphatic carbocycles. The lowest BCUT2D eigenvalue weighted by Gasteiger charge is -2.11. The van der Waals surface area contributed by atoms with Crippen molar-refractivity contribution in [3.63, 3.8) is 0 Å². The van der Waals surface area contributed by atoms with Crippen molar-refractivity contribution in [1.29, 1.82) is 0 Å². The van der Waals surface area contributed by atoms with Crippen molar-refractivity contribution in [2.45, 2.75) is 129 Å². The van der Waals surface area contributed by atoms with Gasteiger partial charge in [0.15, 0.2) is 0 Å². The summed E-state index contributed by atoms with van der Waals surface area (Å²) in [4.78, 5) is 12.0. The molecule has 3 heteroatoms. The summed E-state index contributed by atoms with van der Waals surface area (Å²) >= 11 is 0. The standard InChI is InChI=1S/C28H48O3/c1-2-3-4-5-6-7-8-9-10-11-12-13-14-15-19-22-27(29)23-28(30)25-31-24-26-20-17-16-18-21-26/h16-18,20-21,28,30H,2-15,19,22-25H2,1H3. The summed E-state index contributed by atoms with van der Waals surface area (Å²) in [6, 6.07) is 9.89. The Morgan fingerprint density at radius 2 is 1.26 bits per heavy atom. The Hall–Kier alpha value is -1.19. The van der Waals surface area contributed by atoms with E-state index in [2.05, 4.69) is 6.92 Å². The maximum Gasteiger partial charge on any atom is 0.135 e. The fraction of sp³-hybridized carbons (Fsp3) is 0.750. The first kappa shape index (κ1) is 27.8. The Labute approximate surface area is 192 Å². The first-order valence-electron chi connectivity index (χ1n) is 13.0. The molecule has 0 radical (unpaired) electrons. The summed E-state index contributed by atoms with van der Waals surface area (Å²) in [5.74, 6) is 0.158. The van der Waals surface area contributed by atoms with E-state index < -0.39 is 6.10 Å². The quantitative estimate of drug-likeness (QED) is 0.190. The number of hydrogen-bond donors (Lipinski definition) is 1. The van der Waals surface area contributed by atoms with Crippen molar-refractivity contribution < 1.29 is 14.6 Å². The Morgan fingerprint density at radius 3 is 1.77 bits per heavy atom. The summed E-state index contributed by atoms with van der Waals surface area (Å²) in [5, 5.41) is 9.98. The topological polar surface area (TPSA) is 46.5 Å². The van der Waals surface area contributed by atoms with Crippen LogP contribution < -0.4 is 0 Å². The van der Waals surface area contributed by atoms with Crippen molar-refractivity contribution in [3.8, 4) is 0 Å². The average Bonchev–Trinajstić information content (AvgIpc) is 2.77. The van der Waals surface area contributed by atoms with E-state index in [4.69, 9.17) is 4.74 Å². The zero-order valence-corrected chi connectivity index (χ0v) is 20.2. The highest BCUT2D eigenvalue weighted by Gasteiger charge is 2.11. The van der Waals surface area contributed by atoms with Gasteiger partial charge in [0.1, 0.15) is 5.78 Å². The molecular formula is C28H48O3. The highest BCUT2D eigenvalue weighted by atomic mass is 16.5. The van der Waals surface area contributed by atoms with E-state index in [1.165, 1.54) is 83.5 Å². The van der Waals surface area contributed by atoms with Crippen LogP contribution >= 0.6 is 0 Å². The van der Waals surface area contributed by atoms with Gasteiger partial charge in [-0.1, -0.05) is 127 Å². The zero-order valence-electron chi connectivity index (χ0n) is 20.2. The lowest BCUT2D eigenvalue weighted by molar-refractivity contribution is -0.122. The zero-order chi connectivity index (χ0) is 22.4. The third-order valence-corrected chi connectivity index (χ3v) is 5.94. The average molecular weight is 433 g/mol. The summed E-state index contributed by atoms with van der Waals surface area (Å²) in [6.45, 7) is 2.97. The van der Waals surface area contributed by atoms with Crippen LogP contribution in [0.2, 0.25) is 0 Å². The van der Waals surface area contributed by atoms with Crippen molar-refractivity contribution in [1.82, 2.24) is 0 Å². The van der Waals surface area contributed by atoms with Crippen LogP contribution in [0.25, 0.3) is 0 Å². The molecule has 0 fully saturated rings. The number of carbonyl (C=O) groups excluding carboxylic acids is 1. The Balaban J connectivity index is 1.81. The molecule has 1 aromatic rings. The number of hydrogen-bond acceptors (Lipinski definition) is 3. The van der Waals surface area contributed by atoms with Gasteiger partial charge in [0.25, 0.3) is 0 Å². The molecular weight excluding hydrogens is 384 g/mol. The summed E-state index contributed by atoms with van der Waals surface area (Å²) in [6.07, 6.45) is 20.1. The largest absolute Gasteiger partial charge is 0.390 e. The predicted molar refractivity (Wildman–Crippen MR) is 131 cm³/mol. The van der Waals surface area contributed by atoms with Gasteiger partial charge in [0, 0.05) is 12.8 Å². The minimum Gasteiger partial charge on any atom is -0.390 e. The number of carbonyl (C=O) groups is 1. The number of benzene rings is 1. The van der Waals surface area contributed by atoms with Crippen molar-refractivity contribution in [2.75, 3.05) is 6.61 Å². The molecule has 1 N–H and O–H groups in total. The number of rotatable bonds is 22. The molecule has 31 heavy (non-hydrogen) atoms. The van der Waals surface area contributed by atoms with Gasteiger partial charge in [-0.2, -0.15) is 0 Å². The van der Waals surface area contributed by atoms with E-state index in [9.17, 15) is 9.90 Å². The number of Topliss-reactive ketones (excluding diaryl/α,β-unsaturated/α-hetero) is 1. The van der Waals surface area contributed by atoms with Gasteiger partial charge in [-0.15, -0.1) is 0 Å². The second kappa shape index (κ2) is 20.7. The lowest BCUT2D eigenvalue weighted by Crippen LogP contribution is -2.19. The van der Waals surface area contributed by atoms with E-state index in [1.54, 1.807) is 0 Å². The number of ether oxygens (including phenoxy) is 1. The molecule has 1 aromatic carbocycles. The van der Waals surface area contributed by atoms with Crippen molar-refractivity contribution in [3.05, 3.63) is 35.9 Å². The fourth-order valence-electron chi connectivity index (χ4n) is 4.00. The molecule has 0 saturated heterocycles. The number of aliphatic hydroxyl groups is 1. The summed E-state index contributed by atoms with van der Waals surface area (Å²) in [5.41, 5.74) is 1.08. The normalized spacial score (nSPS) is 12.2. The molecule has 1 rings (SSSR count). The van der Waals surface area contributed by atoms with Crippen molar-refractivity contribution in [2.24, 2.45) is 0 Å². The van der Waals surface area contributed by atoms with Crippen LogP contribution in [0, 0.1) is 0 Å². The molecule has 178 valence electrons. The van der Waals surface area contributed by atoms with Gasteiger partial charge in [0.2, 0.25) is 0 Å². The molecule has 0 saturated carbocycles. The molecule has 0 heterocycles. The summed E-state index contributed by atoms with van der Waals surface area (Å²) < 4.78 is 5.51. The maximum atomic E-state index is 12.0. The first-order chi connectivity index (χ1) is 15.2. The molecule has 0 aliphatic rings. The van der Waals surface area contributed by atoms with Gasteiger partial charge in [0.05, 0.1) is 19.3 Å². The number of ketones is 1. The third kappa shape index (κ3) is 18.1. The second-order valence-electron chi connectivity index (χ2n) is 9.10. The van der Waals surface area contributed by atoms with Gasteiger partial charge >= 0.3 is 0 Å². The van der Waals surface area contributed by atoms with Gasteiger partial charge in [-0.3, -0.25) is 4.79 Å². The number of unbranched alkanes of at least 4 members (excludes halogenated alkanes) is 14. The van der Waals surface area contributed by atoms with E-state index in [0.717, 1.165) is 18.4 Å². The Kier molecular flexibility index (Phi) is 18.6. The van der Waals surface area contributed by atoms with Gasteiger partial charge < -0.3 is 9.84 Å². The van der Waals surface area contributed by atoms with Crippen LogP contribution in [-0.2, 0) is 16.1 Å². The van der Waals surface area contributed by atoms with Gasteiger partial charge in [-0.05, 0) is 12.0 Å². The van der Waals surface area contributed by atoms with Crippen molar-refractivity contribution >= 4 is 5.78 Å². The first-order valence-corrected chi connectivity index (χ1v) is 13.0. The smallest absolute Gasteiger partial charge is 0.135 e. The van der Waals surface area contributed by atoms with Crippen LogP contribution in [0.4, 0.5) is 0 Å². The highest BCUT2D eigenvalue weighted by molar-refractivity contribution is 5.78. The minimum atomic E-state index is -0.687. The van der Waals surface area contributed by atoms with E-state index in [1.807, 2.05) is 30.3 Å². The molecule has 0 aliphatic heterocycles. The van der Waals surface area contributed by atoms with Crippen LogP contribution in [0.15, 0.2) is 30.3 Å². The second-order valence-corrected chi connectivity index (χ2v) is 9.10. The summed E-state index contributed by atoms with van der Waals surface area (Å²) in [7, 11) is 0. The maximum absolute atomic E-state index is 12.0. The van der Waals surface area contributed by atoms with Crippen LogP contribution in [0.1, 0.15) is 122 Å². The minimum absolute atomic E-state index is 0.158. The van der Waals surface area contributed by atoms with E-state index >= 15 is 0 Å². The van der Waals surface area contributed by atoms with Crippen LogP contribution in [0.3, 0.4) is 0 Å². The third-order valence-electron chi connectivity index (χ3n) is 5.94. The molecule has 0 amide bonds. The van der Waals surface area contributed by atoms with Gasteiger partial charge in [-0.25, -0.2) is 0 Å². The molecule has 3 nitrogen and oxygen atoms in total. The molecule has 0 bridgehead atoms. The Bertz CT molecular complexity index is 514. The molecule has 1 unspecified atom stereocenters. The predicted octanol–water partition coefficient (Wildman–Crippen LogP) is 7.78. The molecule has 0 spiro atoms. The SMILES string of the molecule is CCCCCCCCCCCCCCCCCC(=O)CC(O)COCc1ccccc1. The fourth-order valence-corrected chi connectivity index (χ4v) is 4.00. The van der Waals surface area contributed by atoms with E-state index in [-0.39, 0.29) is 18.8 Å².